The number of ketones is 1. The number of Topliss-reactive ketones (excluding diaryl/α,β-unsaturated/α-hetero) is 1. The molecule has 0 aliphatic carbocycles. The number of dihydropyridines is 1. The smallest absolute Gasteiger partial charge is 0.431 e. The number of benzene rings is 2. The van der Waals surface area contributed by atoms with Gasteiger partial charge in [-0.25, -0.2) is 9.59 Å². The van der Waals surface area contributed by atoms with Crippen molar-refractivity contribution in [2.75, 3.05) is 33.4 Å². The molecule has 1 aliphatic heterocycles. The molecule has 0 amide bonds. The number of unbranched alkanes of at least 4 members (excludes halogenated alkanes) is 1. The molecular formula is C31H35ClF3N3O10. The van der Waals surface area contributed by atoms with Gasteiger partial charge in [-0.2, -0.15) is 13.2 Å². The Morgan fingerprint density at radius 2 is 1.77 bits per heavy atom. The molecular weight excluding hydrogens is 667 g/mol. The van der Waals surface area contributed by atoms with Crippen molar-refractivity contribution in [2.45, 2.75) is 44.9 Å². The highest BCUT2D eigenvalue weighted by Crippen LogP contribution is 2.46. The monoisotopic (exact) mass is 701 g/mol. The summed E-state index contributed by atoms with van der Waals surface area (Å²) in [5.74, 6) is -5.06. The minimum atomic E-state index is -5.14. The van der Waals surface area contributed by atoms with Crippen LogP contribution in [0.15, 0.2) is 65.0 Å². The van der Waals surface area contributed by atoms with Crippen molar-refractivity contribution in [3.63, 3.8) is 0 Å². The van der Waals surface area contributed by atoms with Crippen LogP contribution in [0, 0.1) is 10.1 Å². The molecule has 13 nitrogen and oxygen atoms in total. The normalized spacial score (nSPS) is 15.2. The van der Waals surface area contributed by atoms with Gasteiger partial charge in [0.15, 0.2) is 5.78 Å². The first-order chi connectivity index (χ1) is 22.2. The number of allylic oxidation sites excluding steroid dienone is 2. The molecule has 0 fully saturated rings. The van der Waals surface area contributed by atoms with Crippen molar-refractivity contribution >= 4 is 35.8 Å². The molecule has 2 atom stereocenters. The van der Waals surface area contributed by atoms with Crippen molar-refractivity contribution in [2.24, 2.45) is 0 Å². The van der Waals surface area contributed by atoms with Crippen LogP contribution >= 0.6 is 12.4 Å². The molecule has 17 heteroatoms. The predicted molar refractivity (Wildman–Crippen MR) is 167 cm³/mol. The Balaban J connectivity index is 0.00000800. The van der Waals surface area contributed by atoms with E-state index in [1.165, 1.54) is 6.92 Å². The van der Waals surface area contributed by atoms with Crippen LogP contribution in [0.2, 0.25) is 0 Å². The Kier molecular flexibility index (Phi) is 14.4. The van der Waals surface area contributed by atoms with Gasteiger partial charge in [0.1, 0.15) is 29.9 Å². The molecule has 262 valence electrons. The third-order valence-corrected chi connectivity index (χ3v) is 7.08. The zero-order chi connectivity index (χ0) is 34.9. The first-order valence-electron chi connectivity index (χ1n) is 14.3. The maximum atomic E-state index is 14.1. The van der Waals surface area contributed by atoms with E-state index in [2.05, 4.69) is 10.1 Å². The SMILES string of the molecule is COC(=O)C1=C(C(F)(F)F)NC(C)=C(C(=O)O)C1c1cc([N+](=O)[O-])ccc1OCCCCNCC(O)COc1ccccc1C(C)=O.Cl. The molecule has 48 heavy (non-hydrogen) atoms. The van der Waals surface area contributed by atoms with Crippen LogP contribution in [0.3, 0.4) is 0 Å². The summed E-state index contributed by atoms with van der Waals surface area (Å²) in [6, 6.07) is 9.70. The molecule has 0 bridgehead atoms. The van der Waals surface area contributed by atoms with Crippen LogP contribution in [-0.4, -0.2) is 78.6 Å². The lowest BCUT2D eigenvalue weighted by Crippen LogP contribution is -2.38. The Hall–Kier alpha value is -4.67. The van der Waals surface area contributed by atoms with Crippen LogP contribution in [0.5, 0.6) is 11.5 Å². The van der Waals surface area contributed by atoms with E-state index in [0.29, 0.717) is 30.7 Å². The molecule has 0 radical (unpaired) electrons. The second kappa shape index (κ2) is 17.5. The fourth-order valence-electron chi connectivity index (χ4n) is 4.91. The van der Waals surface area contributed by atoms with Gasteiger partial charge in [0.25, 0.3) is 5.69 Å². The molecule has 2 unspecified atom stereocenters. The van der Waals surface area contributed by atoms with Gasteiger partial charge in [0.2, 0.25) is 0 Å². The Bertz CT molecular complexity index is 1580. The fourth-order valence-corrected chi connectivity index (χ4v) is 4.91. The van der Waals surface area contributed by atoms with Gasteiger partial charge in [-0.05, 0) is 51.4 Å². The van der Waals surface area contributed by atoms with Crippen LogP contribution in [0.1, 0.15) is 48.5 Å². The van der Waals surface area contributed by atoms with E-state index in [1.807, 2.05) is 5.32 Å². The number of carbonyl (C=O) groups is 3. The summed E-state index contributed by atoms with van der Waals surface area (Å²) in [4.78, 5) is 47.5. The average molecular weight is 702 g/mol. The van der Waals surface area contributed by atoms with Gasteiger partial charge in [-0.1, -0.05) is 12.1 Å². The molecule has 0 spiro atoms. The van der Waals surface area contributed by atoms with Crippen LogP contribution in [0.25, 0.3) is 0 Å². The molecule has 1 aliphatic rings. The number of carboxylic acid groups (broad SMARTS) is 1. The zero-order valence-electron chi connectivity index (χ0n) is 26.1. The van der Waals surface area contributed by atoms with Crippen molar-refractivity contribution in [3.05, 3.63) is 86.2 Å². The number of hydrogen-bond acceptors (Lipinski definition) is 11. The summed E-state index contributed by atoms with van der Waals surface area (Å²) in [6.07, 6.45) is -5.15. The molecule has 0 aromatic heterocycles. The van der Waals surface area contributed by atoms with Crippen molar-refractivity contribution in [1.29, 1.82) is 0 Å². The second-order valence-corrected chi connectivity index (χ2v) is 10.4. The van der Waals surface area contributed by atoms with E-state index >= 15 is 0 Å². The van der Waals surface area contributed by atoms with Gasteiger partial charge < -0.3 is 35.1 Å². The lowest BCUT2D eigenvalue weighted by atomic mass is 9.79. The Morgan fingerprint density at radius 1 is 1.08 bits per heavy atom. The number of hydrogen-bond donors (Lipinski definition) is 4. The summed E-state index contributed by atoms with van der Waals surface area (Å²) < 4.78 is 58.1. The van der Waals surface area contributed by atoms with E-state index in [9.17, 15) is 47.9 Å². The van der Waals surface area contributed by atoms with Gasteiger partial charge in [-0.15, -0.1) is 12.4 Å². The van der Waals surface area contributed by atoms with E-state index < -0.39 is 63.3 Å². The number of nitrogens with zero attached hydrogens (tertiary/aromatic N) is 1. The van der Waals surface area contributed by atoms with Gasteiger partial charge >= 0.3 is 18.1 Å². The molecule has 4 N–H and O–H groups in total. The quantitative estimate of drug-likeness (QED) is 0.0635. The molecule has 0 saturated heterocycles. The summed E-state index contributed by atoms with van der Waals surface area (Å²) in [7, 11) is 0.824. The summed E-state index contributed by atoms with van der Waals surface area (Å²) >= 11 is 0. The number of carboxylic acids is 1. The number of nitro benzene ring substituents is 1. The largest absolute Gasteiger partial charge is 0.493 e. The highest BCUT2D eigenvalue weighted by atomic mass is 35.5. The number of aliphatic carboxylic acids is 1. The van der Waals surface area contributed by atoms with E-state index in [1.54, 1.807) is 24.3 Å². The fraction of sp³-hybridized carbons (Fsp3) is 0.387. The van der Waals surface area contributed by atoms with Crippen molar-refractivity contribution in [1.82, 2.24) is 10.6 Å². The third kappa shape index (κ3) is 9.92. The van der Waals surface area contributed by atoms with Crippen LogP contribution < -0.4 is 20.1 Å². The number of rotatable bonds is 16. The lowest BCUT2D eigenvalue weighted by Gasteiger charge is -2.32. The van der Waals surface area contributed by atoms with Gasteiger partial charge in [0.05, 0.1) is 41.3 Å². The van der Waals surface area contributed by atoms with Crippen molar-refractivity contribution < 1.29 is 56.9 Å². The topological polar surface area (TPSA) is 187 Å². The number of carbonyl (C=O) groups excluding carboxylic acids is 2. The zero-order valence-corrected chi connectivity index (χ0v) is 26.9. The number of ether oxygens (including phenoxy) is 3. The number of nitro groups is 1. The Morgan fingerprint density at radius 3 is 2.38 bits per heavy atom. The second-order valence-electron chi connectivity index (χ2n) is 10.4. The van der Waals surface area contributed by atoms with Gasteiger partial charge in [-0.3, -0.25) is 14.9 Å². The number of esters is 1. The van der Waals surface area contributed by atoms with E-state index in [4.69, 9.17) is 9.47 Å². The predicted octanol–water partition coefficient (Wildman–Crippen LogP) is 4.44. The Labute approximate surface area is 279 Å². The lowest BCUT2D eigenvalue weighted by molar-refractivity contribution is -0.384. The number of halogens is 4. The first kappa shape index (κ1) is 39.5. The first-order valence-corrected chi connectivity index (χ1v) is 14.3. The maximum Gasteiger partial charge on any atom is 0.431 e. The number of nitrogens with one attached hydrogen (secondary N) is 2. The number of alkyl halides is 3. The molecule has 0 saturated carbocycles. The highest BCUT2D eigenvalue weighted by molar-refractivity contribution is 6.00. The van der Waals surface area contributed by atoms with Crippen LogP contribution in [0.4, 0.5) is 18.9 Å². The summed E-state index contributed by atoms with van der Waals surface area (Å²) in [5, 5.41) is 36.8. The standard InChI is InChI=1S/C31H34F3N3O10.ClH/c1-17-25(29(40)41)26(27(30(42)45-3)28(36-17)31(32,33)34)22-14-19(37(43)44)10-11-24(22)46-13-7-6-12-35-15-20(39)16-47-23-9-5-4-8-21(23)18(2)38;/h4-5,8-11,14,20,26,35-36,39H,6-7,12-13,15-16H2,1-3H3,(H,40,41);1H. The van der Waals surface area contributed by atoms with E-state index in [0.717, 1.165) is 32.2 Å². The number of methoxy groups -OCH3 is 1. The minimum absolute atomic E-state index is 0. The molecule has 3 rings (SSSR count). The number of aliphatic hydroxyl groups is 1. The molecule has 1 heterocycles. The number of non-ortho nitro benzene ring substituents is 1. The summed E-state index contributed by atoms with van der Waals surface area (Å²) in [5.41, 5.74) is -4.25. The average Bonchev–Trinajstić information content (AvgIpc) is 3.01. The number of para-hydroxylation sites is 1. The highest BCUT2D eigenvalue weighted by Gasteiger charge is 2.48. The van der Waals surface area contributed by atoms with Crippen molar-refractivity contribution in [3.8, 4) is 11.5 Å². The van der Waals surface area contributed by atoms with Crippen LogP contribution in [-0.2, 0) is 14.3 Å². The van der Waals surface area contributed by atoms with Gasteiger partial charge in [0, 0.05) is 29.9 Å². The third-order valence-electron chi connectivity index (χ3n) is 7.08. The maximum absolute atomic E-state index is 14.1. The van der Waals surface area contributed by atoms with E-state index in [-0.39, 0.29) is 49.3 Å². The molecule has 2 aromatic rings. The number of aliphatic hydroxyl groups excluding tert-OH is 1. The summed E-state index contributed by atoms with van der Waals surface area (Å²) in [6.45, 7) is 2.98. The molecule has 2 aromatic carbocycles. The minimum Gasteiger partial charge on any atom is -0.493 e.